The highest BCUT2D eigenvalue weighted by atomic mass is 32.2. The number of hydrogen-bond donors (Lipinski definition) is 0. The van der Waals surface area contributed by atoms with Crippen LogP contribution in [0.3, 0.4) is 0 Å². The smallest absolute Gasteiger partial charge is 0.274 e. The third kappa shape index (κ3) is 2.72. The second-order valence-corrected chi connectivity index (χ2v) is 9.07. The number of aldehydes is 1. The van der Waals surface area contributed by atoms with E-state index in [0.29, 0.717) is 19.3 Å². The minimum atomic E-state index is -3.71. The number of nitrogens with zero attached hydrogens (tertiary/aromatic N) is 4. The highest BCUT2D eigenvalue weighted by Gasteiger charge is 2.58. The predicted octanol–water partition coefficient (Wildman–Crippen LogP) is -0.110. The van der Waals surface area contributed by atoms with E-state index in [2.05, 4.69) is 5.10 Å². The first-order valence-corrected chi connectivity index (χ1v) is 10.3. The highest BCUT2D eigenvalue weighted by molar-refractivity contribution is 7.88. The molecule has 9 nitrogen and oxygen atoms in total. The molecular formula is C16H22N4O5S. The summed E-state index contributed by atoms with van der Waals surface area (Å²) in [5.41, 5.74) is 0.382. The molecule has 0 aliphatic carbocycles. The van der Waals surface area contributed by atoms with Gasteiger partial charge < -0.3 is 4.90 Å². The zero-order valence-electron chi connectivity index (χ0n) is 15.1. The van der Waals surface area contributed by atoms with Crippen molar-refractivity contribution in [3.8, 4) is 0 Å². The van der Waals surface area contributed by atoms with Gasteiger partial charge in [0.1, 0.15) is 5.69 Å². The summed E-state index contributed by atoms with van der Waals surface area (Å²) in [6, 6.07) is 0.326. The van der Waals surface area contributed by atoms with Gasteiger partial charge in [-0.15, -0.1) is 0 Å². The number of aromatic nitrogens is 2. The molecule has 0 spiro atoms. The molecule has 3 heterocycles. The van der Waals surface area contributed by atoms with Crippen LogP contribution in [0.1, 0.15) is 41.2 Å². The zero-order chi connectivity index (χ0) is 19.4. The van der Waals surface area contributed by atoms with Crippen molar-refractivity contribution in [3.05, 3.63) is 17.5 Å². The Bertz CT molecular complexity index is 875. The van der Waals surface area contributed by atoms with Crippen molar-refractivity contribution >= 4 is 28.1 Å². The molecule has 142 valence electrons. The molecule has 2 saturated heterocycles. The molecule has 2 aliphatic heterocycles. The summed E-state index contributed by atoms with van der Waals surface area (Å²) in [5, 5.41) is 4.07. The molecule has 1 aromatic rings. The molecule has 0 N–H and O–H groups in total. The topological polar surface area (TPSA) is 110 Å². The fourth-order valence-corrected chi connectivity index (χ4v) is 5.28. The van der Waals surface area contributed by atoms with Crippen molar-refractivity contribution in [2.24, 2.45) is 18.9 Å². The maximum Gasteiger partial charge on any atom is 0.274 e. The van der Waals surface area contributed by atoms with Gasteiger partial charge in [-0.3, -0.25) is 19.1 Å². The molecule has 0 bridgehead atoms. The van der Waals surface area contributed by atoms with E-state index in [1.165, 1.54) is 15.6 Å². The quantitative estimate of drug-likeness (QED) is 0.672. The second-order valence-electron chi connectivity index (χ2n) is 7.21. The third-order valence-electron chi connectivity index (χ3n) is 5.18. The Balaban J connectivity index is 1.99. The lowest BCUT2D eigenvalue weighted by Gasteiger charge is -2.28. The summed E-state index contributed by atoms with van der Waals surface area (Å²) >= 11 is 0. The molecule has 0 aromatic carbocycles. The molecular weight excluding hydrogens is 360 g/mol. The van der Waals surface area contributed by atoms with Crippen molar-refractivity contribution < 1.29 is 22.8 Å². The van der Waals surface area contributed by atoms with Crippen LogP contribution in [0.25, 0.3) is 0 Å². The first kappa shape index (κ1) is 18.6. The van der Waals surface area contributed by atoms with E-state index >= 15 is 0 Å². The Hall–Kier alpha value is -2.23. The van der Waals surface area contributed by atoms with Gasteiger partial charge >= 0.3 is 0 Å². The third-order valence-corrected chi connectivity index (χ3v) is 6.35. The van der Waals surface area contributed by atoms with Crippen LogP contribution in [-0.2, 0) is 21.9 Å². The molecule has 26 heavy (non-hydrogen) atoms. The summed E-state index contributed by atoms with van der Waals surface area (Å²) in [4.78, 5) is 38.3. The zero-order valence-corrected chi connectivity index (χ0v) is 15.9. The second kappa shape index (κ2) is 6.19. The van der Waals surface area contributed by atoms with E-state index in [-0.39, 0.29) is 17.3 Å². The lowest BCUT2D eigenvalue weighted by atomic mass is 9.88. The number of fused-ring (bicyclic) bond motifs is 1. The standard InChI is InChI=1S/C16H22N4O5S/c1-9(2)13-14-12(20(16(13)23)26(4,24)25)5-6-19(14)15(22)11-7-10(8-21)18(3)17-11/h7-9,12-14H,5-6H2,1-4H3/t12-,13?,14-/m1/s1. The van der Waals surface area contributed by atoms with Crippen LogP contribution in [0.2, 0.25) is 0 Å². The Kier molecular flexibility index (Phi) is 4.41. The summed E-state index contributed by atoms with van der Waals surface area (Å²) in [5.74, 6) is -1.56. The Morgan fingerprint density at radius 1 is 1.38 bits per heavy atom. The molecule has 3 atom stereocenters. The van der Waals surface area contributed by atoms with Crippen LogP contribution < -0.4 is 0 Å². The molecule has 2 fully saturated rings. The fraction of sp³-hybridized carbons (Fsp3) is 0.625. The molecule has 2 aliphatic rings. The van der Waals surface area contributed by atoms with E-state index in [0.717, 1.165) is 10.6 Å². The van der Waals surface area contributed by atoms with Crippen LogP contribution >= 0.6 is 0 Å². The monoisotopic (exact) mass is 382 g/mol. The summed E-state index contributed by atoms with van der Waals surface area (Å²) in [7, 11) is -2.15. The van der Waals surface area contributed by atoms with Gasteiger partial charge in [0.15, 0.2) is 12.0 Å². The number of sulfonamides is 1. The summed E-state index contributed by atoms with van der Waals surface area (Å²) in [6.45, 7) is 4.03. The van der Waals surface area contributed by atoms with Crippen molar-refractivity contribution in [2.75, 3.05) is 12.8 Å². The van der Waals surface area contributed by atoms with Crippen molar-refractivity contribution in [3.63, 3.8) is 0 Å². The van der Waals surface area contributed by atoms with Crippen molar-refractivity contribution in [2.45, 2.75) is 32.4 Å². The molecule has 3 rings (SSSR count). The van der Waals surface area contributed by atoms with Crippen LogP contribution in [-0.4, -0.2) is 70.4 Å². The Morgan fingerprint density at radius 2 is 2.04 bits per heavy atom. The summed E-state index contributed by atoms with van der Waals surface area (Å²) < 4.78 is 26.5. The first-order valence-electron chi connectivity index (χ1n) is 8.41. The maximum atomic E-state index is 13.0. The number of hydrogen-bond acceptors (Lipinski definition) is 6. The average molecular weight is 382 g/mol. The van der Waals surface area contributed by atoms with Gasteiger partial charge in [0, 0.05) is 13.6 Å². The van der Waals surface area contributed by atoms with E-state index in [9.17, 15) is 22.8 Å². The van der Waals surface area contributed by atoms with E-state index < -0.39 is 39.8 Å². The number of carbonyl (C=O) groups excluding carboxylic acids is 3. The van der Waals surface area contributed by atoms with Gasteiger partial charge in [0.05, 0.1) is 24.3 Å². The largest absolute Gasteiger partial charge is 0.331 e. The number of amides is 2. The minimum Gasteiger partial charge on any atom is -0.331 e. The number of likely N-dealkylation sites (tertiary alicyclic amines) is 1. The van der Waals surface area contributed by atoms with Crippen LogP contribution in [0.5, 0.6) is 0 Å². The first-order chi connectivity index (χ1) is 12.1. The van der Waals surface area contributed by atoms with Crippen molar-refractivity contribution in [1.29, 1.82) is 0 Å². The van der Waals surface area contributed by atoms with Crippen LogP contribution in [0.15, 0.2) is 6.07 Å². The van der Waals surface area contributed by atoms with Crippen LogP contribution in [0, 0.1) is 11.8 Å². The average Bonchev–Trinajstić information content (AvgIpc) is 3.16. The lowest BCUT2D eigenvalue weighted by Crippen LogP contribution is -2.44. The van der Waals surface area contributed by atoms with Gasteiger partial charge in [-0.2, -0.15) is 5.10 Å². The van der Waals surface area contributed by atoms with Gasteiger partial charge in [0.25, 0.3) is 5.91 Å². The summed E-state index contributed by atoms with van der Waals surface area (Å²) in [6.07, 6.45) is 2.02. The minimum absolute atomic E-state index is 0.114. The van der Waals surface area contributed by atoms with Crippen LogP contribution in [0.4, 0.5) is 0 Å². The highest BCUT2D eigenvalue weighted by Crippen LogP contribution is 2.41. The van der Waals surface area contributed by atoms with Gasteiger partial charge in [-0.1, -0.05) is 13.8 Å². The molecule has 1 unspecified atom stereocenters. The molecule has 2 amide bonds. The van der Waals surface area contributed by atoms with E-state index in [4.69, 9.17) is 0 Å². The Morgan fingerprint density at radius 3 is 2.54 bits per heavy atom. The van der Waals surface area contributed by atoms with Gasteiger partial charge in [-0.05, 0) is 18.4 Å². The normalized spacial score (nSPS) is 25.9. The molecule has 0 saturated carbocycles. The van der Waals surface area contributed by atoms with E-state index in [1.54, 1.807) is 7.05 Å². The van der Waals surface area contributed by atoms with E-state index in [1.807, 2.05) is 13.8 Å². The lowest BCUT2D eigenvalue weighted by molar-refractivity contribution is -0.129. The number of rotatable bonds is 4. The number of carbonyl (C=O) groups is 3. The molecule has 0 radical (unpaired) electrons. The predicted molar refractivity (Wildman–Crippen MR) is 91.8 cm³/mol. The Labute approximate surface area is 152 Å². The SMILES string of the molecule is CC(C)C1C(=O)N(S(C)(=O)=O)[C@@H]2CCN(C(=O)c3cc(C=O)n(C)n3)[C@@H]12. The van der Waals surface area contributed by atoms with Gasteiger partial charge in [-0.25, -0.2) is 12.7 Å². The molecule has 10 heteroatoms. The maximum absolute atomic E-state index is 13.0. The van der Waals surface area contributed by atoms with Crippen molar-refractivity contribution in [1.82, 2.24) is 19.0 Å². The number of aryl methyl sites for hydroxylation is 1. The van der Waals surface area contributed by atoms with Gasteiger partial charge in [0.2, 0.25) is 15.9 Å². The molecule has 1 aromatic heterocycles. The fourth-order valence-electron chi connectivity index (χ4n) is 4.11.